The molecule has 1 aromatic heterocycles. The van der Waals surface area contributed by atoms with Gasteiger partial charge in [0.05, 0.1) is 24.4 Å². The fraction of sp³-hybridized carbons (Fsp3) is 0.222. The molecule has 0 fully saturated rings. The Bertz CT molecular complexity index is 908. The number of amides is 2. The van der Waals surface area contributed by atoms with E-state index in [-0.39, 0.29) is 6.03 Å². The molecule has 25 heavy (non-hydrogen) atoms. The second-order valence-electron chi connectivity index (χ2n) is 5.26. The average molecular weight is 357 g/mol. The van der Waals surface area contributed by atoms with E-state index in [2.05, 4.69) is 15.6 Å². The van der Waals surface area contributed by atoms with E-state index in [1.807, 2.05) is 43.3 Å². The van der Waals surface area contributed by atoms with E-state index >= 15 is 0 Å². The maximum absolute atomic E-state index is 11.6. The van der Waals surface area contributed by atoms with Gasteiger partial charge in [-0.2, -0.15) is 0 Å². The van der Waals surface area contributed by atoms with Crippen molar-refractivity contribution < 1.29 is 14.3 Å². The van der Waals surface area contributed by atoms with Crippen LogP contribution in [0.25, 0.3) is 21.3 Å². The molecule has 0 saturated carbocycles. The Morgan fingerprint density at radius 3 is 2.52 bits per heavy atom. The number of benzene rings is 2. The van der Waals surface area contributed by atoms with Crippen LogP contribution in [0.2, 0.25) is 0 Å². The largest absolute Gasteiger partial charge is 0.493 e. The van der Waals surface area contributed by atoms with Crippen molar-refractivity contribution in [2.24, 2.45) is 0 Å². The average Bonchev–Trinajstić information content (AvgIpc) is 3.02. The lowest BCUT2D eigenvalue weighted by Crippen LogP contribution is -2.28. The lowest BCUT2D eigenvalue weighted by Gasteiger charge is -2.09. The second-order valence-corrected chi connectivity index (χ2v) is 6.29. The van der Waals surface area contributed by atoms with Crippen molar-refractivity contribution in [2.75, 3.05) is 26.1 Å². The third-order valence-electron chi connectivity index (χ3n) is 3.66. The number of nitrogens with zero attached hydrogens (tertiary/aromatic N) is 1. The van der Waals surface area contributed by atoms with Crippen molar-refractivity contribution in [3.63, 3.8) is 0 Å². The van der Waals surface area contributed by atoms with Crippen molar-refractivity contribution in [2.45, 2.75) is 6.92 Å². The SMILES string of the molecule is CCNC(=O)Nc1nc2cc(-c3ccc(OC)c(OC)c3)ccc2s1. The highest BCUT2D eigenvalue weighted by Crippen LogP contribution is 2.34. The quantitative estimate of drug-likeness (QED) is 0.720. The summed E-state index contributed by atoms with van der Waals surface area (Å²) in [6.45, 7) is 2.44. The number of carbonyl (C=O) groups excluding carboxylic acids is 1. The topological polar surface area (TPSA) is 72.5 Å². The molecule has 0 aliphatic carbocycles. The Kier molecular flexibility index (Phi) is 5.04. The highest BCUT2D eigenvalue weighted by Gasteiger charge is 2.10. The zero-order valence-corrected chi connectivity index (χ0v) is 15.1. The zero-order chi connectivity index (χ0) is 17.8. The van der Waals surface area contributed by atoms with Gasteiger partial charge in [-0.25, -0.2) is 9.78 Å². The number of anilines is 1. The van der Waals surface area contributed by atoms with Gasteiger partial charge in [-0.05, 0) is 42.3 Å². The number of carbonyl (C=O) groups is 1. The Balaban J connectivity index is 1.92. The van der Waals surface area contributed by atoms with Crippen LogP contribution in [-0.4, -0.2) is 31.8 Å². The summed E-state index contributed by atoms with van der Waals surface area (Å²) in [4.78, 5) is 16.1. The molecule has 3 rings (SSSR count). The standard InChI is InChI=1S/C18H19N3O3S/c1-4-19-17(22)21-18-20-13-9-11(6-8-16(13)25-18)12-5-7-14(23-2)15(10-12)24-3/h5-10H,4H2,1-3H3,(H2,19,20,21,22). The number of nitrogens with one attached hydrogen (secondary N) is 2. The highest BCUT2D eigenvalue weighted by molar-refractivity contribution is 7.22. The van der Waals surface area contributed by atoms with Gasteiger partial charge in [0.2, 0.25) is 0 Å². The van der Waals surface area contributed by atoms with Gasteiger partial charge in [0.15, 0.2) is 16.6 Å². The van der Waals surface area contributed by atoms with E-state index in [1.54, 1.807) is 14.2 Å². The number of thiazole rings is 1. The van der Waals surface area contributed by atoms with Gasteiger partial charge in [-0.1, -0.05) is 23.5 Å². The molecule has 0 atom stereocenters. The molecule has 2 aromatic carbocycles. The van der Waals surface area contributed by atoms with E-state index in [4.69, 9.17) is 9.47 Å². The van der Waals surface area contributed by atoms with Crippen LogP contribution < -0.4 is 20.1 Å². The third-order valence-corrected chi connectivity index (χ3v) is 4.61. The molecule has 0 radical (unpaired) electrons. The predicted molar refractivity (Wildman–Crippen MR) is 101 cm³/mol. The molecule has 0 spiro atoms. The van der Waals surface area contributed by atoms with Crippen molar-refractivity contribution >= 4 is 32.7 Å². The number of rotatable bonds is 5. The Morgan fingerprint density at radius 2 is 1.80 bits per heavy atom. The molecule has 0 aliphatic rings. The van der Waals surface area contributed by atoms with E-state index in [1.165, 1.54) is 11.3 Å². The molecule has 2 amide bonds. The molecule has 0 aliphatic heterocycles. The Labute approximate surface area is 149 Å². The molecular weight excluding hydrogens is 338 g/mol. The normalized spacial score (nSPS) is 10.5. The number of methoxy groups -OCH3 is 2. The summed E-state index contributed by atoms with van der Waals surface area (Å²) in [5.74, 6) is 1.37. The number of hydrogen-bond donors (Lipinski definition) is 2. The molecule has 6 nitrogen and oxygen atoms in total. The minimum Gasteiger partial charge on any atom is -0.493 e. The first kappa shape index (κ1) is 17.0. The zero-order valence-electron chi connectivity index (χ0n) is 14.3. The number of hydrogen-bond acceptors (Lipinski definition) is 5. The maximum atomic E-state index is 11.6. The van der Waals surface area contributed by atoms with Crippen molar-refractivity contribution in [1.29, 1.82) is 0 Å². The molecule has 3 aromatic rings. The monoisotopic (exact) mass is 357 g/mol. The van der Waals surface area contributed by atoms with E-state index in [0.29, 0.717) is 23.2 Å². The van der Waals surface area contributed by atoms with Gasteiger partial charge in [0.1, 0.15) is 0 Å². The van der Waals surface area contributed by atoms with Crippen LogP contribution in [0.5, 0.6) is 11.5 Å². The van der Waals surface area contributed by atoms with Gasteiger partial charge >= 0.3 is 6.03 Å². The van der Waals surface area contributed by atoms with Crippen LogP contribution in [0.1, 0.15) is 6.92 Å². The maximum Gasteiger partial charge on any atom is 0.321 e. The first-order valence-corrected chi connectivity index (χ1v) is 8.64. The summed E-state index contributed by atoms with van der Waals surface area (Å²) in [7, 11) is 3.23. The number of urea groups is 1. The molecule has 7 heteroatoms. The van der Waals surface area contributed by atoms with Crippen LogP contribution in [0, 0.1) is 0 Å². The summed E-state index contributed by atoms with van der Waals surface area (Å²) in [5, 5.41) is 6.01. The van der Waals surface area contributed by atoms with Crippen LogP contribution >= 0.6 is 11.3 Å². The van der Waals surface area contributed by atoms with Gasteiger partial charge in [0, 0.05) is 6.54 Å². The number of aromatic nitrogens is 1. The predicted octanol–water partition coefficient (Wildman–Crippen LogP) is 4.12. The number of ether oxygens (including phenoxy) is 2. The van der Waals surface area contributed by atoms with Gasteiger partial charge < -0.3 is 14.8 Å². The van der Waals surface area contributed by atoms with Crippen LogP contribution in [-0.2, 0) is 0 Å². The molecular formula is C18H19N3O3S. The van der Waals surface area contributed by atoms with Crippen LogP contribution in [0.15, 0.2) is 36.4 Å². The Hall–Kier alpha value is -2.80. The lowest BCUT2D eigenvalue weighted by atomic mass is 10.0. The van der Waals surface area contributed by atoms with Crippen molar-refractivity contribution in [1.82, 2.24) is 10.3 Å². The second kappa shape index (κ2) is 7.40. The lowest BCUT2D eigenvalue weighted by molar-refractivity contribution is 0.252. The molecule has 0 saturated heterocycles. The van der Waals surface area contributed by atoms with Gasteiger partial charge in [-0.3, -0.25) is 5.32 Å². The van der Waals surface area contributed by atoms with E-state index in [9.17, 15) is 4.79 Å². The van der Waals surface area contributed by atoms with E-state index in [0.717, 1.165) is 21.3 Å². The fourth-order valence-electron chi connectivity index (χ4n) is 2.48. The van der Waals surface area contributed by atoms with Crippen LogP contribution in [0.3, 0.4) is 0 Å². The third kappa shape index (κ3) is 3.66. The first-order chi connectivity index (χ1) is 12.1. The molecule has 0 bridgehead atoms. The molecule has 130 valence electrons. The van der Waals surface area contributed by atoms with E-state index < -0.39 is 0 Å². The molecule has 0 unspecified atom stereocenters. The minimum absolute atomic E-state index is 0.248. The fourth-order valence-corrected chi connectivity index (χ4v) is 3.32. The summed E-state index contributed by atoms with van der Waals surface area (Å²) in [6, 6.07) is 11.6. The summed E-state index contributed by atoms with van der Waals surface area (Å²) < 4.78 is 11.6. The Morgan fingerprint density at radius 1 is 1.08 bits per heavy atom. The summed E-state index contributed by atoms with van der Waals surface area (Å²) in [5.41, 5.74) is 2.86. The summed E-state index contributed by atoms with van der Waals surface area (Å²) in [6.07, 6.45) is 0. The van der Waals surface area contributed by atoms with Crippen molar-refractivity contribution in [3.8, 4) is 22.6 Å². The van der Waals surface area contributed by atoms with Crippen molar-refractivity contribution in [3.05, 3.63) is 36.4 Å². The first-order valence-electron chi connectivity index (χ1n) is 7.82. The summed E-state index contributed by atoms with van der Waals surface area (Å²) >= 11 is 1.44. The molecule has 2 N–H and O–H groups in total. The number of fused-ring (bicyclic) bond motifs is 1. The minimum atomic E-state index is -0.248. The van der Waals surface area contributed by atoms with Crippen LogP contribution in [0.4, 0.5) is 9.93 Å². The van der Waals surface area contributed by atoms with Gasteiger partial charge in [-0.15, -0.1) is 0 Å². The smallest absolute Gasteiger partial charge is 0.321 e. The molecule has 1 heterocycles. The van der Waals surface area contributed by atoms with Gasteiger partial charge in [0.25, 0.3) is 0 Å². The highest BCUT2D eigenvalue weighted by atomic mass is 32.1.